The second-order valence-corrected chi connectivity index (χ2v) is 3.61. The van der Waals surface area contributed by atoms with Crippen LogP contribution in [-0.4, -0.2) is 4.98 Å². The fraction of sp³-hybridized carbons (Fsp3) is 0.154. The van der Waals surface area contributed by atoms with E-state index in [0.29, 0.717) is 11.1 Å². The first kappa shape index (κ1) is 9.84. The van der Waals surface area contributed by atoms with Gasteiger partial charge >= 0.3 is 0 Å². The van der Waals surface area contributed by atoms with Gasteiger partial charge in [-0.1, -0.05) is 18.2 Å². The summed E-state index contributed by atoms with van der Waals surface area (Å²) in [5.74, 6) is -0.128. The molecule has 0 unspecified atom stereocenters. The Bertz CT molecular complexity index is 477. The normalized spacial score (nSPS) is 10.3. The van der Waals surface area contributed by atoms with Gasteiger partial charge in [0.05, 0.1) is 0 Å². The van der Waals surface area contributed by atoms with Crippen LogP contribution in [0.5, 0.6) is 0 Å². The van der Waals surface area contributed by atoms with Crippen molar-refractivity contribution in [1.29, 1.82) is 0 Å². The first-order valence-corrected chi connectivity index (χ1v) is 4.86. The van der Waals surface area contributed by atoms with Crippen molar-refractivity contribution in [2.45, 2.75) is 13.8 Å². The second-order valence-electron chi connectivity index (χ2n) is 3.61. The summed E-state index contributed by atoms with van der Waals surface area (Å²) in [6.45, 7) is 3.57. The highest BCUT2D eigenvalue weighted by atomic mass is 19.1. The number of halogens is 1. The molecular weight excluding hydrogens is 189 g/mol. The standard InChI is InChI=1S/C13H12FN/c1-9-5-6-12(10(2)13(9)14)11-4-3-7-15-8-11/h3-8H,1-2H3. The van der Waals surface area contributed by atoms with Crippen LogP contribution in [0.25, 0.3) is 11.1 Å². The van der Waals surface area contributed by atoms with Crippen LogP contribution in [0.4, 0.5) is 4.39 Å². The Morgan fingerprint density at radius 1 is 1.13 bits per heavy atom. The zero-order valence-corrected chi connectivity index (χ0v) is 8.79. The Balaban J connectivity index is 2.60. The van der Waals surface area contributed by atoms with Gasteiger partial charge in [0.2, 0.25) is 0 Å². The summed E-state index contributed by atoms with van der Waals surface area (Å²) in [6.07, 6.45) is 3.46. The van der Waals surface area contributed by atoms with Gasteiger partial charge < -0.3 is 0 Å². The van der Waals surface area contributed by atoms with E-state index >= 15 is 0 Å². The van der Waals surface area contributed by atoms with E-state index in [-0.39, 0.29) is 5.82 Å². The van der Waals surface area contributed by atoms with E-state index < -0.39 is 0 Å². The predicted octanol–water partition coefficient (Wildman–Crippen LogP) is 3.50. The van der Waals surface area contributed by atoms with Crippen LogP contribution >= 0.6 is 0 Å². The largest absolute Gasteiger partial charge is 0.264 e. The maximum atomic E-state index is 13.7. The molecule has 15 heavy (non-hydrogen) atoms. The Morgan fingerprint density at radius 2 is 1.93 bits per heavy atom. The topological polar surface area (TPSA) is 12.9 Å². The molecule has 0 spiro atoms. The third-order valence-corrected chi connectivity index (χ3v) is 2.55. The molecule has 1 nitrogen and oxygen atoms in total. The molecule has 0 amide bonds. The molecule has 0 saturated carbocycles. The number of benzene rings is 1. The summed E-state index contributed by atoms with van der Waals surface area (Å²) < 4.78 is 13.7. The molecule has 0 aliphatic heterocycles. The molecule has 0 bridgehead atoms. The smallest absolute Gasteiger partial charge is 0.129 e. The highest BCUT2D eigenvalue weighted by Crippen LogP contribution is 2.25. The Kier molecular flexibility index (Phi) is 2.50. The average molecular weight is 201 g/mol. The van der Waals surface area contributed by atoms with Crippen molar-refractivity contribution in [2.24, 2.45) is 0 Å². The van der Waals surface area contributed by atoms with Crippen LogP contribution in [0.3, 0.4) is 0 Å². The van der Waals surface area contributed by atoms with Crippen LogP contribution < -0.4 is 0 Å². The molecule has 0 fully saturated rings. The maximum absolute atomic E-state index is 13.7. The molecule has 0 aliphatic rings. The highest BCUT2D eigenvalue weighted by molar-refractivity contribution is 5.66. The summed E-state index contributed by atoms with van der Waals surface area (Å²) in [5.41, 5.74) is 3.23. The molecule has 0 atom stereocenters. The number of pyridine rings is 1. The van der Waals surface area contributed by atoms with Crippen LogP contribution in [0.2, 0.25) is 0 Å². The van der Waals surface area contributed by atoms with Gasteiger partial charge in [-0.3, -0.25) is 4.98 Å². The van der Waals surface area contributed by atoms with Gasteiger partial charge in [-0.05, 0) is 36.6 Å². The Labute approximate surface area is 88.6 Å². The summed E-state index contributed by atoms with van der Waals surface area (Å²) in [6, 6.07) is 7.52. The monoisotopic (exact) mass is 201 g/mol. The zero-order chi connectivity index (χ0) is 10.8. The number of nitrogens with zero attached hydrogens (tertiary/aromatic N) is 1. The minimum absolute atomic E-state index is 0.128. The Hall–Kier alpha value is -1.70. The lowest BCUT2D eigenvalue weighted by atomic mass is 9.99. The number of aryl methyl sites for hydroxylation is 1. The van der Waals surface area contributed by atoms with Gasteiger partial charge in [0.25, 0.3) is 0 Å². The molecule has 76 valence electrons. The van der Waals surface area contributed by atoms with Gasteiger partial charge in [0, 0.05) is 18.0 Å². The van der Waals surface area contributed by atoms with Gasteiger partial charge in [0.15, 0.2) is 0 Å². The fourth-order valence-corrected chi connectivity index (χ4v) is 1.66. The van der Waals surface area contributed by atoms with Gasteiger partial charge in [0.1, 0.15) is 5.82 Å². The fourth-order valence-electron chi connectivity index (χ4n) is 1.66. The third kappa shape index (κ3) is 1.75. The van der Waals surface area contributed by atoms with Gasteiger partial charge in [-0.2, -0.15) is 0 Å². The SMILES string of the molecule is Cc1ccc(-c2cccnc2)c(C)c1F. The summed E-state index contributed by atoms with van der Waals surface area (Å²) in [7, 11) is 0. The van der Waals surface area contributed by atoms with Crippen LogP contribution in [-0.2, 0) is 0 Å². The number of hydrogen-bond donors (Lipinski definition) is 0. The maximum Gasteiger partial charge on any atom is 0.129 e. The van der Waals surface area contributed by atoms with Gasteiger partial charge in [-0.15, -0.1) is 0 Å². The lowest BCUT2D eigenvalue weighted by molar-refractivity contribution is 0.610. The van der Waals surface area contributed by atoms with Crippen LogP contribution in [0, 0.1) is 19.7 Å². The molecule has 1 aromatic heterocycles. The second kappa shape index (κ2) is 3.81. The van der Waals surface area contributed by atoms with Gasteiger partial charge in [-0.25, -0.2) is 4.39 Å². The lowest BCUT2D eigenvalue weighted by Crippen LogP contribution is -1.91. The third-order valence-electron chi connectivity index (χ3n) is 2.55. The van der Waals surface area contributed by atoms with Crippen molar-refractivity contribution in [3.8, 4) is 11.1 Å². The van der Waals surface area contributed by atoms with E-state index in [1.54, 1.807) is 32.3 Å². The molecule has 1 heterocycles. The molecule has 2 rings (SSSR count). The molecule has 0 N–H and O–H groups in total. The van der Waals surface area contributed by atoms with E-state index in [0.717, 1.165) is 11.1 Å². The number of aromatic nitrogens is 1. The summed E-state index contributed by atoms with van der Waals surface area (Å²) >= 11 is 0. The number of rotatable bonds is 1. The molecule has 1 aromatic carbocycles. The summed E-state index contributed by atoms with van der Waals surface area (Å²) in [5, 5.41) is 0. The number of hydrogen-bond acceptors (Lipinski definition) is 1. The minimum atomic E-state index is -0.128. The average Bonchev–Trinajstić information content (AvgIpc) is 2.27. The van der Waals surface area contributed by atoms with E-state index in [9.17, 15) is 4.39 Å². The van der Waals surface area contributed by atoms with Crippen molar-refractivity contribution in [2.75, 3.05) is 0 Å². The van der Waals surface area contributed by atoms with E-state index in [1.165, 1.54) is 0 Å². The van der Waals surface area contributed by atoms with Crippen molar-refractivity contribution >= 4 is 0 Å². The summed E-state index contributed by atoms with van der Waals surface area (Å²) in [4.78, 5) is 4.03. The molecule has 2 heteroatoms. The van der Waals surface area contributed by atoms with Crippen molar-refractivity contribution in [3.05, 3.63) is 53.6 Å². The van der Waals surface area contributed by atoms with Crippen LogP contribution in [0.15, 0.2) is 36.7 Å². The molecule has 0 aliphatic carbocycles. The molecule has 0 saturated heterocycles. The van der Waals surface area contributed by atoms with Crippen molar-refractivity contribution < 1.29 is 4.39 Å². The van der Waals surface area contributed by atoms with Crippen molar-refractivity contribution in [1.82, 2.24) is 4.98 Å². The highest BCUT2D eigenvalue weighted by Gasteiger charge is 2.08. The zero-order valence-electron chi connectivity index (χ0n) is 8.79. The first-order valence-electron chi connectivity index (χ1n) is 4.86. The molecule has 0 radical (unpaired) electrons. The predicted molar refractivity (Wildman–Crippen MR) is 59.1 cm³/mol. The molecular formula is C13H12FN. The van der Waals surface area contributed by atoms with E-state index in [4.69, 9.17) is 0 Å². The van der Waals surface area contributed by atoms with Crippen molar-refractivity contribution in [3.63, 3.8) is 0 Å². The molecule has 2 aromatic rings. The van der Waals surface area contributed by atoms with E-state index in [1.807, 2.05) is 18.2 Å². The quantitative estimate of drug-likeness (QED) is 0.688. The Morgan fingerprint density at radius 3 is 2.60 bits per heavy atom. The lowest BCUT2D eigenvalue weighted by Gasteiger charge is -2.08. The minimum Gasteiger partial charge on any atom is -0.264 e. The first-order chi connectivity index (χ1) is 7.20. The van der Waals surface area contributed by atoms with E-state index in [2.05, 4.69) is 4.98 Å². The van der Waals surface area contributed by atoms with Crippen LogP contribution in [0.1, 0.15) is 11.1 Å².